The topological polar surface area (TPSA) is 68.0 Å². The van der Waals surface area contributed by atoms with Crippen LogP contribution >= 0.6 is 23.4 Å². The van der Waals surface area contributed by atoms with Crippen LogP contribution in [0.5, 0.6) is 0 Å². The second-order valence-electron chi connectivity index (χ2n) is 3.55. The molecule has 0 saturated heterocycles. The minimum atomic E-state index is -0.198. The highest BCUT2D eigenvalue weighted by Gasteiger charge is 2.10. The number of hydrogen-bond acceptors (Lipinski definition) is 4. The molecule has 0 aromatic carbocycles. The number of pyridine rings is 1. The number of carbonyl (C=O) groups is 1. The van der Waals surface area contributed by atoms with Crippen LogP contribution in [0.2, 0.25) is 5.15 Å². The second-order valence-corrected chi connectivity index (χ2v) is 4.92. The van der Waals surface area contributed by atoms with Gasteiger partial charge in [0.2, 0.25) is 0 Å². The van der Waals surface area contributed by atoms with Gasteiger partial charge in [-0.05, 0) is 30.9 Å². The minimum Gasteiger partial charge on any atom is -0.397 e. The van der Waals surface area contributed by atoms with E-state index in [0.717, 1.165) is 18.6 Å². The first kappa shape index (κ1) is 14.1. The molecule has 94 valence electrons. The Morgan fingerprint density at radius 1 is 1.59 bits per heavy atom. The molecule has 1 rings (SSSR count). The zero-order valence-corrected chi connectivity index (χ0v) is 11.3. The van der Waals surface area contributed by atoms with Crippen molar-refractivity contribution in [2.75, 3.05) is 24.3 Å². The Morgan fingerprint density at radius 3 is 3.06 bits per heavy atom. The van der Waals surface area contributed by atoms with Crippen LogP contribution in [0.1, 0.15) is 23.2 Å². The Hall–Kier alpha value is -0.940. The van der Waals surface area contributed by atoms with Crippen LogP contribution in [0, 0.1) is 0 Å². The van der Waals surface area contributed by atoms with Crippen molar-refractivity contribution < 1.29 is 4.79 Å². The van der Waals surface area contributed by atoms with Gasteiger partial charge in [0.15, 0.2) is 0 Å². The number of aromatic nitrogens is 1. The van der Waals surface area contributed by atoms with E-state index in [2.05, 4.69) is 16.6 Å². The van der Waals surface area contributed by atoms with Crippen molar-refractivity contribution in [1.29, 1.82) is 0 Å². The monoisotopic (exact) mass is 273 g/mol. The number of thioether (sulfide) groups is 1. The maximum atomic E-state index is 11.8. The van der Waals surface area contributed by atoms with E-state index in [9.17, 15) is 4.79 Å². The molecule has 0 bridgehead atoms. The minimum absolute atomic E-state index is 0.198. The highest BCUT2D eigenvalue weighted by atomic mass is 35.5. The zero-order valence-electron chi connectivity index (χ0n) is 9.70. The lowest BCUT2D eigenvalue weighted by Crippen LogP contribution is -2.25. The zero-order chi connectivity index (χ0) is 12.7. The molecule has 17 heavy (non-hydrogen) atoms. The molecule has 0 saturated carbocycles. The number of nitrogens with two attached hydrogens (primary N) is 1. The van der Waals surface area contributed by atoms with E-state index < -0.39 is 0 Å². The summed E-state index contributed by atoms with van der Waals surface area (Å²) in [7, 11) is 0. The second kappa shape index (κ2) is 7.40. The molecule has 0 aliphatic heterocycles. The Morgan fingerprint density at radius 2 is 2.35 bits per heavy atom. The maximum Gasteiger partial charge on any atom is 0.253 e. The number of nitrogens with one attached hydrogen (secondary N) is 1. The van der Waals surface area contributed by atoms with E-state index in [-0.39, 0.29) is 11.1 Å². The molecule has 1 aromatic heterocycles. The quantitative estimate of drug-likeness (QED) is 0.616. The van der Waals surface area contributed by atoms with Crippen LogP contribution in [0.25, 0.3) is 0 Å². The van der Waals surface area contributed by atoms with Gasteiger partial charge in [-0.2, -0.15) is 11.8 Å². The lowest BCUT2D eigenvalue weighted by atomic mass is 10.2. The fourth-order valence-corrected chi connectivity index (χ4v) is 1.96. The average Bonchev–Trinajstić information content (AvgIpc) is 2.32. The van der Waals surface area contributed by atoms with Crippen molar-refractivity contribution in [3.05, 3.63) is 23.0 Å². The summed E-state index contributed by atoms with van der Waals surface area (Å²) in [5, 5.41) is 3.08. The van der Waals surface area contributed by atoms with E-state index >= 15 is 0 Å². The summed E-state index contributed by atoms with van der Waals surface area (Å²) in [5.74, 6) is 0.912. The molecular weight excluding hydrogens is 258 g/mol. The molecule has 1 heterocycles. The average molecular weight is 274 g/mol. The molecule has 0 aliphatic rings. The number of hydrogen-bond donors (Lipinski definition) is 2. The molecule has 0 fully saturated rings. The molecule has 1 amide bonds. The lowest BCUT2D eigenvalue weighted by molar-refractivity contribution is 0.0954. The largest absolute Gasteiger partial charge is 0.397 e. The predicted molar refractivity (Wildman–Crippen MR) is 73.6 cm³/mol. The van der Waals surface area contributed by atoms with Gasteiger partial charge in [-0.25, -0.2) is 4.98 Å². The molecule has 0 unspecified atom stereocenters. The lowest BCUT2D eigenvalue weighted by Gasteiger charge is -2.07. The molecule has 0 spiro atoms. The van der Waals surface area contributed by atoms with Crippen LogP contribution in [0.3, 0.4) is 0 Å². The van der Waals surface area contributed by atoms with Gasteiger partial charge in [-0.3, -0.25) is 4.79 Å². The third kappa shape index (κ3) is 4.83. The number of nitrogen functional groups attached to an aromatic ring is 1. The van der Waals surface area contributed by atoms with E-state index in [1.807, 2.05) is 0 Å². The third-order valence-corrected chi connectivity index (χ3v) is 3.11. The van der Waals surface area contributed by atoms with Crippen molar-refractivity contribution in [1.82, 2.24) is 10.3 Å². The van der Waals surface area contributed by atoms with Crippen LogP contribution in [-0.2, 0) is 0 Å². The highest BCUT2D eigenvalue weighted by molar-refractivity contribution is 7.98. The number of anilines is 1. The Kier molecular flexibility index (Phi) is 6.15. The normalized spacial score (nSPS) is 10.2. The smallest absolute Gasteiger partial charge is 0.253 e. The number of carbonyl (C=O) groups excluding carboxylic acids is 1. The molecule has 3 N–H and O–H groups in total. The van der Waals surface area contributed by atoms with Crippen LogP contribution < -0.4 is 11.1 Å². The fourth-order valence-electron chi connectivity index (χ4n) is 1.31. The van der Waals surface area contributed by atoms with Gasteiger partial charge in [0.25, 0.3) is 5.91 Å². The van der Waals surface area contributed by atoms with E-state index in [1.54, 1.807) is 11.8 Å². The predicted octanol–water partition coefficient (Wildman–Crippen LogP) is 2.19. The molecule has 0 aliphatic carbocycles. The first-order valence-electron chi connectivity index (χ1n) is 5.33. The molecule has 0 radical (unpaired) electrons. The van der Waals surface area contributed by atoms with Crippen molar-refractivity contribution >= 4 is 35.0 Å². The Labute approximate surface area is 110 Å². The van der Waals surface area contributed by atoms with Gasteiger partial charge in [0.1, 0.15) is 5.15 Å². The number of unbranched alkanes of at least 4 members (excludes halogenated alkanes) is 1. The maximum absolute atomic E-state index is 11.8. The Bertz CT molecular complexity index is 387. The fraction of sp³-hybridized carbons (Fsp3) is 0.455. The van der Waals surface area contributed by atoms with E-state index in [1.165, 1.54) is 12.3 Å². The van der Waals surface area contributed by atoms with E-state index in [0.29, 0.717) is 17.8 Å². The van der Waals surface area contributed by atoms with Gasteiger partial charge in [-0.1, -0.05) is 11.6 Å². The van der Waals surface area contributed by atoms with Gasteiger partial charge in [0, 0.05) is 6.54 Å². The summed E-state index contributed by atoms with van der Waals surface area (Å²) in [4.78, 5) is 15.6. The summed E-state index contributed by atoms with van der Waals surface area (Å²) < 4.78 is 0. The van der Waals surface area contributed by atoms with Gasteiger partial charge in [-0.15, -0.1) is 0 Å². The number of rotatable bonds is 6. The molecule has 1 aromatic rings. The first-order chi connectivity index (χ1) is 8.15. The Balaban J connectivity index is 2.44. The van der Waals surface area contributed by atoms with Gasteiger partial charge in [0.05, 0.1) is 17.4 Å². The first-order valence-corrected chi connectivity index (χ1v) is 7.10. The molecule has 6 heteroatoms. The molecular formula is C11H16ClN3OS. The molecule has 4 nitrogen and oxygen atoms in total. The van der Waals surface area contributed by atoms with Crippen molar-refractivity contribution in [2.45, 2.75) is 12.8 Å². The van der Waals surface area contributed by atoms with Gasteiger partial charge >= 0.3 is 0 Å². The third-order valence-electron chi connectivity index (χ3n) is 2.21. The van der Waals surface area contributed by atoms with E-state index in [4.69, 9.17) is 17.3 Å². The van der Waals surface area contributed by atoms with Crippen LogP contribution in [0.15, 0.2) is 12.3 Å². The van der Waals surface area contributed by atoms with Gasteiger partial charge < -0.3 is 11.1 Å². The van der Waals surface area contributed by atoms with Crippen molar-refractivity contribution in [2.24, 2.45) is 0 Å². The standard InChI is InChI=1S/C11H16ClN3OS/c1-17-5-3-2-4-14-11(16)8-6-10(12)15-7-9(8)13/h6-7H,2-5,13H2,1H3,(H,14,16). The molecule has 0 atom stereocenters. The SMILES string of the molecule is CSCCCCNC(=O)c1cc(Cl)ncc1N. The van der Waals surface area contributed by atoms with Crippen molar-refractivity contribution in [3.63, 3.8) is 0 Å². The summed E-state index contributed by atoms with van der Waals surface area (Å²) in [6.07, 6.45) is 5.52. The van der Waals surface area contributed by atoms with Crippen molar-refractivity contribution in [3.8, 4) is 0 Å². The summed E-state index contributed by atoms with van der Waals surface area (Å²) >= 11 is 7.52. The van der Waals surface area contributed by atoms with Crippen LogP contribution in [0.4, 0.5) is 5.69 Å². The summed E-state index contributed by atoms with van der Waals surface area (Å²) in [6, 6.07) is 1.48. The summed E-state index contributed by atoms with van der Waals surface area (Å²) in [5.41, 5.74) is 6.38. The number of amides is 1. The number of nitrogens with zero attached hydrogens (tertiary/aromatic N) is 1. The number of halogens is 1. The van der Waals surface area contributed by atoms with Crippen LogP contribution in [-0.4, -0.2) is 29.4 Å². The highest BCUT2D eigenvalue weighted by Crippen LogP contribution is 2.14. The summed E-state index contributed by atoms with van der Waals surface area (Å²) in [6.45, 7) is 0.652.